The maximum atomic E-state index is 11.8. The molecule has 0 saturated heterocycles. The molecule has 0 aliphatic carbocycles. The summed E-state index contributed by atoms with van der Waals surface area (Å²) in [6.45, 7) is 3.75. The number of hydrogen-bond donors (Lipinski definition) is 1. The Bertz CT molecular complexity index is 571. The smallest absolute Gasteiger partial charge is 0.305 e. The normalized spacial score (nSPS) is 11.6. The van der Waals surface area contributed by atoms with Crippen molar-refractivity contribution in [3.05, 3.63) is 29.8 Å². The zero-order valence-electron chi connectivity index (χ0n) is 15.2. The van der Waals surface area contributed by atoms with Gasteiger partial charge in [0.25, 0.3) is 0 Å². The summed E-state index contributed by atoms with van der Waals surface area (Å²) in [6, 6.07) is 7.79. The average Bonchev–Trinajstić information content (AvgIpc) is 2.59. The topological polar surface area (TPSA) is 72.5 Å². The molecule has 1 rings (SSSR count). The van der Waals surface area contributed by atoms with Crippen molar-refractivity contribution in [1.29, 1.82) is 0 Å². The number of aryl methyl sites for hydroxylation is 1. The van der Waals surface area contributed by atoms with Gasteiger partial charge in [-0.3, -0.25) is 14.4 Å². The molecule has 0 radical (unpaired) electrons. The number of esters is 1. The standard InChI is InChI=1S/C19H27NO4S/c1-14(21)13-25-15(2)7-8-16-9-11-17(12-10-16)20-18(22)5-4-6-19(23)24-3/h9-12,15H,4-8,13H2,1-3H3,(H,20,22). The van der Waals surface area contributed by atoms with Crippen molar-refractivity contribution in [2.24, 2.45) is 0 Å². The lowest BCUT2D eigenvalue weighted by molar-refractivity contribution is -0.140. The molecule has 1 aromatic carbocycles. The fourth-order valence-corrected chi connectivity index (χ4v) is 2.99. The van der Waals surface area contributed by atoms with Crippen molar-refractivity contribution in [3.8, 4) is 0 Å². The number of benzene rings is 1. The fourth-order valence-electron chi connectivity index (χ4n) is 2.19. The van der Waals surface area contributed by atoms with Crippen LogP contribution >= 0.6 is 11.8 Å². The SMILES string of the molecule is COC(=O)CCCC(=O)Nc1ccc(CCC(C)SCC(C)=O)cc1. The van der Waals surface area contributed by atoms with Gasteiger partial charge < -0.3 is 10.1 Å². The van der Waals surface area contributed by atoms with Gasteiger partial charge in [0.2, 0.25) is 5.91 Å². The molecule has 1 atom stereocenters. The van der Waals surface area contributed by atoms with Gasteiger partial charge in [0.15, 0.2) is 0 Å². The molecule has 6 heteroatoms. The predicted octanol–water partition coefficient (Wildman–Crippen LogP) is 3.61. The molecular formula is C19H27NO4S. The van der Waals surface area contributed by atoms with Crippen LogP contribution in [-0.4, -0.2) is 35.8 Å². The van der Waals surface area contributed by atoms with E-state index in [0.29, 0.717) is 23.8 Å². The Balaban J connectivity index is 2.32. The molecule has 0 fully saturated rings. The number of rotatable bonds is 11. The molecule has 0 saturated carbocycles. The van der Waals surface area contributed by atoms with E-state index in [1.165, 1.54) is 12.7 Å². The van der Waals surface area contributed by atoms with Gasteiger partial charge in [-0.25, -0.2) is 0 Å². The lowest BCUT2D eigenvalue weighted by Gasteiger charge is -2.10. The Morgan fingerprint density at radius 1 is 1.16 bits per heavy atom. The van der Waals surface area contributed by atoms with Crippen molar-refractivity contribution >= 4 is 35.1 Å². The summed E-state index contributed by atoms with van der Waals surface area (Å²) in [5.41, 5.74) is 1.96. The summed E-state index contributed by atoms with van der Waals surface area (Å²) < 4.78 is 4.54. The van der Waals surface area contributed by atoms with Crippen LogP contribution in [0.5, 0.6) is 0 Å². The molecule has 25 heavy (non-hydrogen) atoms. The summed E-state index contributed by atoms with van der Waals surface area (Å²) in [5.74, 6) is 0.379. The predicted molar refractivity (Wildman–Crippen MR) is 102 cm³/mol. The molecule has 0 bridgehead atoms. The Hall–Kier alpha value is -1.82. The van der Waals surface area contributed by atoms with E-state index in [1.807, 2.05) is 24.3 Å². The number of thioether (sulfide) groups is 1. The first kappa shape index (κ1) is 21.2. The maximum absolute atomic E-state index is 11.8. The molecule has 1 amide bonds. The van der Waals surface area contributed by atoms with E-state index in [0.717, 1.165) is 18.5 Å². The minimum atomic E-state index is -0.298. The lowest BCUT2D eigenvalue weighted by Crippen LogP contribution is -2.12. The zero-order chi connectivity index (χ0) is 18.7. The Labute approximate surface area is 153 Å². The molecule has 5 nitrogen and oxygen atoms in total. The van der Waals surface area contributed by atoms with Crippen LogP contribution in [0, 0.1) is 0 Å². The van der Waals surface area contributed by atoms with Crippen LogP contribution in [0.2, 0.25) is 0 Å². The van der Waals surface area contributed by atoms with Gasteiger partial charge in [-0.2, -0.15) is 11.8 Å². The molecule has 1 N–H and O–H groups in total. The van der Waals surface area contributed by atoms with Crippen LogP contribution in [-0.2, 0) is 25.5 Å². The molecule has 1 unspecified atom stereocenters. The number of nitrogens with one attached hydrogen (secondary N) is 1. The van der Waals surface area contributed by atoms with Crippen LogP contribution in [0.4, 0.5) is 5.69 Å². The monoisotopic (exact) mass is 365 g/mol. The number of anilines is 1. The summed E-state index contributed by atoms with van der Waals surface area (Å²) in [7, 11) is 1.34. The molecule has 0 spiro atoms. The number of ketones is 1. The average molecular weight is 365 g/mol. The van der Waals surface area contributed by atoms with Gasteiger partial charge in [0.1, 0.15) is 5.78 Å². The third kappa shape index (κ3) is 9.92. The number of methoxy groups -OCH3 is 1. The molecule has 0 aliphatic rings. The molecule has 1 aromatic rings. The second kappa shape index (κ2) is 11.7. The molecule has 0 heterocycles. The zero-order valence-corrected chi connectivity index (χ0v) is 16.0. The maximum Gasteiger partial charge on any atom is 0.305 e. The van der Waals surface area contributed by atoms with Gasteiger partial charge in [0, 0.05) is 23.8 Å². The van der Waals surface area contributed by atoms with Crippen molar-refractivity contribution < 1.29 is 19.1 Å². The Morgan fingerprint density at radius 3 is 2.44 bits per heavy atom. The van der Waals surface area contributed by atoms with Crippen molar-refractivity contribution in [2.45, 2.75) is 51.2 Å². The summed E-state index contributed by atoms with van der Waals surface area (Å²) in [5, 5.41) is 3.27. The summed E-state index contributed by atoms with van der Waals surface area (Å²) >= 11 is 1.69. The first-order chi connectivity index (χ1) is 11.9. The highest BCUT2D eigenvalue weighted by Gasteiger charge is 2.07. The van der Waals surface area contributed by atoms with Gasteiger partial charge in [0.05, 0.1) is 12.9 Å². The highest BCUT2D eigenvalue weighted by atomic mass is 32.2. The second-order valence-corrected chi connectivity index (χ2v) is 7.46. The van der Waals surface area contributed by atoms with Gasteiger partial charge >= 0.3 is 5.97 Å². The van der Waals surface area contributed by atoms with E-state index < -0.39 is 0 Å². The minimum Gasteiger partial charge on any atom is -0.469 e. The van der Waals surface area contributed by atoms with Crippen LogP contribution in [0.15, 0.2) is 24.3 Å². The van der Waals surface area contributed by atoms with E-state index in [2.05, 4.69) is 17.0 Å². The quantitative estimate of drug-likeness (QED) is 0.607. The number of ether oxygens (including phenoxy) is 1. The van der Waals surface area contributed by atoms with Crippen LogP contribution in [0.1, 0.15) is 45.1 Å². The van der Waals surface area contributed by atoms with E-state index in [1.54, 1.807) is 18.7 Å². The first-order valence-electron chi connectivity index (χ1n) is 8.47. The van der Waals surface area contributed by atoms with E-state index in [-0.39, 0.29) is 24.1 Å². The second-order valence-electron chi connectivity index (χ2n) is 6.04. The van der Waals surface area contributed by atoms with E-state index in [4.69, 9.17) is 0 Å². The van der Waals surface area contributed by atoms with Crippen LogP contribution in [0.25, 0.3) is 0 Å². The molecular weight excluding hydrogens is 338 g/mol. The van der Waals surface area contributed by atoms with E-state index >= 15 is 0 Å². The third-order valence-electron chi connectivity index (χ3n) is 3.66. The first-order valence-corrected chi connectivity index (χ1v) is 9.52. The van der Waals surface area contributed by atoms with Gasteiger partial charge in [-0.1, -0.05) is 19.1 Å². The van der Waals surface area contributed by atoms with Crippen molar-refractivity contribution in [1.82, 2.24) is 0 Å². The summed E-state index contributed by atoms with van der Waals surface area (Å²) in [4.78, 5) is 33.8. The highest BCUT2D eigenvalue weighted by molar-refractivity contribution is 8.00. The molecule has 0 aromatic heterocycles. The van der Waals surface area contributed by atoms with Crippen LogP contribution in [0.3, 0.4) is 0 Å². The number of carbonyl (C=O) groups excluding carboxylic acids is 3. The number of Topliss-reactive ketones (excluding diaryl/α,β-unsaturated/α-hetero) is 1. The fraction of sp³-hybridized carbons (Fsp3) is 0.526. The molecule has 138 valence electrons. The highest BCUT2D eigenvalue weighted by Crippen LogP contribution is 2.18. The van der Waals surface area contributed by atoms with Crippen molar-refractivity contribution in [3.63, 3.8) is 0 Å². The van der Waals surface area contributed by atoms with Crippen LogP contribution < -0.4 is 5.32 Å². The van der Waals surface area contributed by atoms with Crippen molar-refractivity contribution in [2.75, 3.05) is 18.2 Å². The van der Waals surface area contributed by atoms with Gasteiger partial charge in [-0.15, -0.1) is 0 Å². The van der Waals surface area contributed by atoms with E-state index in [9.17, 15) is 14.4 Å². The third-order valence-corrected chi connectivity index (χ3v) is 5.04. The number of amides is 1. The number of carbonyl (C=O) groups is 3. The molecule has 0 aliphatic heterocycles. The largest absolute Gasteiger partial charge is 0.469 e. The Morgan fingerprint density at radius 2 is 1.84 bits per heavy atom. The van der Waals surface area contributed by atoms with Gasteiger partial charge in [-0.05, 0) is 43.9 Å². The number of hydrogen-bond acceptors (Lipinski definition) is 5. The minimum absolute atomic E-state index is 0.106. The lowest BCUT2D eigenvalue weighted by atomic mass is 10.1. The Kier molecular flexibility index (Phi) is 9.92. The summed E-state index contributed by atoms with van der Waals surface area (Å²) in [6.07, 6.45) is 2.98.